The molecule has 1 aliphatic rings. The number of benzene rings is 2. The van der Waals surface area contributed by atoms with Crippen molar-refractivity contribution >= 4 is 17.6 Å². The number of aliphatic hydroxyl groups excluding tert-OH is 1. The topological polar surface area (TPSA) is 104 Å². The summed E-state index contributed by atoms with van der Waals surface area (Å²) in [5.41, 5.74) is 1.02. The van der Waals surface area contributed by atoms with E-state index in [1.807, 2.05) is 0 Å². The van der Waals surface area contributed by atoms with Crippen LogP contribution in [0.2, 0.25) is 0 Å². The molecule has 9 nitrogen and oxygen atoms in total. The van der Waals surface area contributed by atoms with Crippen LogP contribution in [-0.4, -0.2) is 51.5 Å². The molecule has 1 saturated heterocycles. The van der Waals surface area contributed by atoms with Crippen LogP contribution in [0.4, 0.5) is 5.69 Å². The zero-order chi connectivity index (χ0) is 22.0. The van der Waals surface area contributed by atoms with Gasteiger partial charge in [-0.05, 0) is 17.7 Å². The number of methoxy groups -OCH3 is 4. The first-order valence-electron chi connectivity index (χ1n) is 9.03. The summed E-state index contributed by atoms with van der Waals surface area (Å²) >= 11 is 0. The molecule has 160 valence electrons. The number of esters is 1. The Labute approximate surface area is 173 Å². The fourth-order valence-electron chi connectivity index (χ4n) is 3.41. The number of carbonyl (C=O) groups excluding carboxylic acids is 2. The van der Waals surface area contributed by atoms with Gasteiger partial charge in [0, 0.05) is 19.1 Å². The van der Waals surface area contributed by atoms with Crippen molar-refractivity contribution in [2.75, 3.05) is 33.3 Å². The smallest absolute Gasteiger partial charge is 0.308 e. The predicted octanol–water partition coefficient (Wildman–Crippen LogP) is 2.10. The van der Waals surface area contributed by atoms with Crippen LogP contribution in [0.5, 0.6) is 28.7 Å². The van der Waals surface area contributed by atoms with Gasteiger partial charge in [0.05, 0.1) is 40.2 Å². The number of hydrogen-bond donors (Lipinski definition) is 1. The van der Waals surface area contributed by atoms with Crippen molar-refractivity contribution in [2.24, 2.45) is 0 Å². The molecule has 1 heterocycles. The summed E-state index contributed by atoms with van der Waals surface area (Å²) < 4.78 is 26.4. The van der Waals surface area contributed by atoms with Gasteiger partial charge in [0.1, 0.15) is 0 Å². The second-order valence-corrected chi connectivity index (χ2v) is 6.49. The minimum atomic E-state index is -1.26. The molecule has 30 heavy (non-hydrogen) atoms. The number of rotatable bonds is 7. The summed E-state index contributed by atoms with van der Waals surface area (Å²) in [6, 6.07) is 7.39. The molecule has 0 aliphatic carbocycles. The summed E-state index contributed by atoms with van der Waals surface area (Å²) in [6.45, 7) is 1.27. The molecule has 2 atom stereocenters. The number of ether oxygens (including phenoxy) is 5. The second-order valence-electron chi connectivity index (χ2n) is 6.49. The summed E-state index contributed by atoms with van der Waals surface area (Å²) in [5.74, 6) is 0.671. The van der Waals surface area contributed by atoms with E-state index in [0.717, 1.165) is 0 Å². The van der Waals surface area contributed by atoms with Gasteiger partial charge in [0.2, 0.25) is 5.75 Å². The summed E-state index contributed by atoms with van der Waals surface area (Å²) in [7, 11) is 5.88. The third-order valence-corrected chi connectivity index (χ3v) is 4.78. The average molecular weight is 417 g/mol. The monoisotopic (exact) mass is 417 g/mol. The highest BCUT2D eigenvalue weighted by atomic mass is 16.6. The molecular formula is C21H23NO8. The molecule has 0 spiro atoms. The number of aliphatic hydroxyl groups is 1. The maximum Gasteiger partial charge on any atom is 0.308 e. The number of β-lactam (4-membered cyclic amide) rings is 1. The highest BCUT2D eigenvalue weighted by Crippen LogP contribution is 2.47. The lowest BCUT2D eigenvalue weighted by atomic mass is 9.89. The van der Waals surface area contributed by atoms with Crippen LogP contribution in [0, 0.1) is 0 Å². The van der Waals surface area contributed by atoms with Gasteiger partial charge in [-0.1, -0.05) is 6.07 Å². The van der Waals surface area contributed by atoms with Crippen molar-refractivity contribution in [3.05, 3.63) is 35.9 Å². The van der Waals surface area contributed by atoms with Gasteiger partial charge in [-0.15, -0.1) is 0 Å². The van der Waals surface area contributed by atoms with E-state index >= 15 is 0 Å². The van der Waals surface area contributed by atoms with E-state index in [2.05, 4.69) is 0 Å². The Morgan fingerprint density at radius 1 is 0.900 bits per heavy atom. The van der Waals surface area contributed by atoms with Crippen LogP contribution in [-0.2, 0) is 9.59 Å². The van der Waals surface area contributed by atoms with E-state index < -0.39 is 24.0 Å². The van der Waals surface area contributed by atoms with E-state index in [-0.39, 0.29) is 5.75 Å². The molecular weight excluding hydrogens is 394 g/mol. The molecule has 0 radical (unpaired) electrons. The molecule has 0 aromatic heterocycles. The predicted molar refractivity (Wildman–Crippen MR) is 107 cm³/mol. The lowest BCUT2D eigenvalue weighted by molar-refractivity contribution is -0.137. The highest BCUT2D eigenvalue weighted by Gasteiger charge is 2.48. The molecule has 2 aromatic carbocycles. The van der Waals surface area contributed by atoms with Crippen LogP contribution in [0.1, 0.15) is 18.5 Å². The molecule has 1 fully saturated rings. The summed E-state index contributed by atoms with van der Waals surface area (Å²) in [5, 5.41) is 10.4. The number of anilines is 1. The quantitative estimate of drug-likeness (QED) is 0.415. The normalized spacial score (nSPS) is 17.8. The van der Waals surface area contributed by atoms with E-state index in [0.29, 0.717) is 34.2 Å². The largest absolute Gasteiger partial charge is 0.493 e. The van der Waals surface area contributed by atoms with Crippen LogP contribution >= 0.6 is 0 Å². The zero-order valence-electron chi connectivity index (χ0n) is 17.3. The van der Waals surface area contributed by atoms with E-state index in [4.69, 9.17) is 23.7 Å². The van der Waals surface area contributed by atoms with Crippen LogP contribution < -0.4 is 28.6 Å². The third kappa shape index (κ3) is 3.59. The molecule has 1 aliphatic heterocycles. The van der Waals surface area contributed by atoms with Gasteiger partial charge in [-0.2, -0.15) is 0 Å². The molecule has 2 aromatic rings. The van der Waals surface area contributed by atoms with Crippen molar-refractivity contribution in [3.63, 3.8) is 0 Å². The van der Waals surface area contributed by atoms with Crippen molar-refractivity contribution in [1.82, 2.24) is 0 Å². The van der Waals surface area contributed by atoms with E-state index in [1.165, 1.54) is 40.3 Å². The van der Waals surface area contributed by atoms with Gasteiger partial charge >= 0.3 is 5.97 Å². The average Bonchev–Trinajstić information content (AvgIpc) is 2.75. The Kier molecular flexibility index (Phi) is 6.02. The lowest BCUT2D eigenvalue weighted by Crippen LogP contribution is -2.59. The number of amides is 1. The molecule has 3 rings (SSSR count). The minimum Gasteiger partial charge on any atom is -0.493 e. The van der Waals surface area contributed by atoms with Gasteiger partial charge < -0.3 is 28.8 Å². The first-order valence-corrected chi connectivity index (χ1v) is 9.03. The Morgan fingerprint density at radius 2 is 1.50 bits per heavy atom. The zero-order valence-corrected chi connectivity index (χ0v) is 17.3. The number of hydrogen-bond acceptors (Lipinski definition) is 8. The van der Waals surface area contributed by atoms with Crippen molar-refractivity contribution in [2.45, 2.75) is 19.1 Å². The molecule has 9 heteroatoms. The van der Waals surface area contributed by atoms with Crippen molar-refractivity contribution in [1.29, 1.82) is 0 Å². The Morgan fingerprint density at radius 3 is 2.00 bits per heavy atom. The molecule has 1 amide bonds. The maximum atomic E-state index is 12.5. The lowest BCUT2D eigenvalue weighted by Gasteiger charge is -2.45. The SMILES string of the molecule is COc1ccc(C2C(O)C(=O)N2c2cc(OC)c(OC)c(OC)c2)cc1OC(C)=O. The fourth-order valence-corrected chi connectivity index (χ4v) is 3.41. The second kappa shape index (κ2) is 8.50. The van der Waals surface area contributed by atoms with Gasteiger partial charge in [0.15, 0.2) is 29.1 Å². The standard InChI is InChI=1S/C21H23NO8/c1-11(23)30-15-8-12(6-7-14(15)26-2)18-19(24)21(25)22(18)13-9-16(27-3)20(29-5)17(10-13)28-4/h6-10,18-19,24H,1-5H3. The maximum absolute atomic E-state index is 12.5. The van der Waals surface area contributed by atoms with Crippen LogP contribution in [0.15, 0.2) is 30.3 Å². The van der Waals surface area contributed by atoms with Crippen molar-refractivity contribution in [3.8, 4) is 28.7 Å². The highest BCUT2D eigenvalue weighted by molar-refractivity contribution is 6.05. The van der Waals surface area contributed by atoms with Gasteiger partial charge in [-0.3, -0.25) is 14.5 Å². The third-order valence-electron chi connectivity index (χ3n) is 4.78. The molecule has 0 saturated carbocycles. The first-order chi connectivity index (χ1) is 14.4. The van der Waals surface area contributed by atoms with E-state index in [9.17, 15) is 14.7 Å². The molecule has 2 unspecified atom stereocenters. The van der Waals surface area contributed by atoms with Gasteiger partial charge in [0.25, 0.3) is 5.91 Å². The first kappa shape index (κ1) is 21.3. The molecule has 1 N–H and O–H groups in total. The molecule has 0 bridgehead atoms. The number of nitrogens with zero attached hydrogens (tertiary/aromatic N) is 1. The summed E-state index contributed by atoms with van der Waals surface area (Å²) in [4.78, 5) is 25.4. The van der Waals surface area contributed by atoms with Crippen LogP contribution in [0.25, 0.3) is 0 Å². The summed E-state index contributed by atoms with van der Waals surface area (Å²) in [6.07, 6.45) is -1.26. The Balaban J connectivity index is 2.05. The van der Waals surface area contributed by atoms with E-state index in [1.54, 1.807) is 30.3 Å². The fraction of sp³-hybridized carbons (Fsp3) is 0.333. The minimum absolute atomic E-state index is 0.193. The van der Waals surface area contributed by atoms with Crippen LogP contribution in [0.3, 0.4) is 0 Å². The Hall–Kier alpha value is -3.46. The Bertz CT molecular complexity index is 948. The number of carbonyl (C=O) groups is 2. The van der Waals surface area contributed by atoms with Crippen molar-refractivity contribution < 1.29 is 38.4 Å². The van der Waals surface area contributed by atoms with Gasteiger partial charge in [-0.25, -0.2) is 0 Å².